The fourth-order valence-corrected chi connectivity index (χ4v) is 5.15. The summed E-state index contributed by atoms with van der Waals surface area (Å²) in [6.07, 6.45) is 7.80. The van der Waals surface area contributed by atoms with Crippen LogP contribution >= 0.6 is 23.1 Å². The van der Waals surface area contributed by atoms with Crippen molar-refractivity contribution in [1.29, 1.82) is 0 Å². The standard InChI is InChI=1S/C19H21N5OS2/c1-23-12-15(10-22-23)13-6-14(19(25)24-4-2-3-5-24)8-16(7-13)26-18-11-21-17(9-20)27-18/h6-8,10-12H,2-5,9,20H2,1H3. The first kappa shape index (κ1) is 18.2. The summed E-state index contributed by atoms with van der Waals surface area (Å²) in [5.41, 5.74) is 8.40. The molecule has 3 aromatic rings. The van der Waals surface area contributed by atoms with Gasteiger partial charge in [-0.25, -0.2) is 4.98 Å². The van der Waals surface area contributed by atoms with Crippen molar-refractivity contribution < 1.29 is 4.79 Å². The third kappa shape index (κ3) is 4.07. The number of hydrogen-bond acceptors (Lipinski definition) is 6. The van der Waals surface area contributed by atoms with E-state index in [0.29, 0.717) is 6.54 Å². The van der Waals surface area contributed by atoms with Gasteiger partial charge in [0.1, 0.15) is 5.01 Å². The molecule has 0 bridgehead atoms. The molecule has 27 heavy (non-hydrogen) atoms. The summed E-state index contributed by atoms with van der Waals surface area (Å²) in [6.45, 7) is 2.12. The zero-order valence-electron chi connectivity index (χ0n) is 15.1. The van der Waals surface area contributed by atoms with Gasteiger partial charge >= 0.3 is 0 Å². The minimum absolute atomic E-state index is 0.104. The second kappa shape index (κ2) is 7.84. The summed E-state index contributed by atoms with van der Waals surface area (Å²) >= 11 is 3.20. The number of hydrogen-bond donors (Lipinski definition) is 1. The third-order valence-corrected chi connectivity index (χ3v) is 6.60. The van der Waals surface area contributed by atoms with Crippen molar-refractivity contribution >= 4 is 29.0 Å². The molecule has 1 amide bonds. The van der Waals surface area contributed by atoms with Gasteiger partial charge in [0.2, 0.25) is 0 Å². The number of aromatic nitrogens is 3. The molecule has 0 radical (unpaired) electrons. The van der Waals surface area contributed by atoms with E-state index in [0.717, 1.165) is 56.7 Å². The molecule has 1 saturated heterocycles. The Hall–Kier alpha value is -2.16. The van der Waals surface area contributed by atoms with E-state index in [1.807, 2.05) is 42.7 Å². The van der Waals surface area contributed by atoms with Crippen molar-refractivity contribution in [2.24, 2.45) is 12.8 Å². The molecule has 8 heteroatoms. The number of nitrogens with zero attached hydrogens (tertiary/aromatic N) is 4. The van der Waals surface area contributed by atoms with Crippen molar-refractivity contribution in [2.75, 3.05) is 13.1 Å². The fourth-order valence-electron chi connectivity index (χ4n) is 3.17. The first-order valence-electron chi connectivity index (χ1n) is 8.88. The number of carbonyl (C=O) groups is 1. The summed E-state index contributed by atoms with van der Waals surface area (Å²) in [6, 6.07) is 6.05. The van der Waals surface area contributed by atoms with Gasteiger partial charge in [-0.3, -0.25) is 9.48 Å². The van der Waals surface area contributed by atoms with Gasteiger partial charge in [-0.2, -0.15) is 5.10 Å². The summed E-state index contributed by atoms with van der Waals surface area (Å²) < 4.78 is 2.84. The molecular formula is C19H21N5OS2. The highest BCUT2D eigenvalue weighted by atomic mass is 32.2. The van der Waals surface area contributed by atoms with E-state index < -0.39 is 0 Å². The van der Waals surface area contributed by atoms with Gasteiger partial charge < -0.3 is 10.6 Å². The quantitative estimate of drug-likeness (QED) is 0.712. The SMILES string of the molecule is Cn1cc(-c2cc(Sc3cnc(CN)s3)cc(C(=O)N3CCCC3)c2)cn1. The van der Waals surface area contributed by atoms with Gasteiger partial charge in [0.15, 0.2) is 0 Å². The van der Waals surface area contributed by atoms with E-state index in [9.17, 15) is 4.79 Å². The Balaban J connectivity index is 1.70. The van der Waals surface area contributed by atoms with Crippen molar-refractivity contribution in [3.8, 4) is 11.1 Å². The average Bonchev–Trinajstić information content (AvgIpc) is 3.42. The molecule has 0 atom stereocenters. The number of nitrogens with two attached hydrogens (primary N) is 1. The molecule has 4 rings (SSSR count). The van der Waals surface area contributed by atoms with Crippen LogP contribution in [0.2, 0.25) is 0 Å². The van der Waals surface area contributed by atoms with Gasteiger partial charge in [-0.15, -0.1) is 11.3 Å². The summed E-state index contributed by atoms with van der Waals surface area (Å²) in [5.74, 6) is 0.104. The number of thiazole rings is 1. The van der Waals surface area contributed by atoms with Crippen molar-refractivity contribution in [3.63, 3.8) is 0 Å². The van der Waals surface area contributed by atoms with Gasteiger partial charge in [0.25, 0.3) is 5.91 Å². The van der Waals surface area contributed by atoms with Gasteiger partial charge in [-0.05, 0) is 36.6 Å². The van der Waals surface area contributed by atoms with Crippen LogP contribution in [0.3, 0.4) is 0 Å². The van der Waals surface area contributed by atoms with Crippen LogP contribution in [0.25, 0.3) is 11.1 Å². The molecule has 0 unspecified atom stereocenters. The summed E-state index contributed by atoms with van der Waals surface area (Å²) in [5, 5.41) is 5.18. The number of rotatable bonds is 5. The highest BCUT2D eigenvalue weighted by Crippen LogP contribution is 2.35. The lowest BCUT2D eigenvalue weighted by Gasteiger charge is -2.16. The van der Waals surface area contributed by atoms with Crippen LogP contribution in [-0.4, -0.2) is 38.7 Å². The molecule has 2 N–H and O–H groups in total. The summed E-state index contributed by atoms with van der Waals surface area (Å²) in [7, 11) is 1.89. The van der Waals surface area contributed by atoms with E-state index in [4.69, 9.17) is 5.73 Å². The Morgan fingerprint density at radius 3 is 2.70 bits per heavy atom. The van der Waals surface area contributed by atoms with Crippen LogP contribution in [0.1, 0.15) is 28.2 Å². The zero-order valence-corrected chi connectivity index (χ0v) is 16.7. The van der Waals surface area contributed by atoms with Crippen LogP contribution < -0.4 is 5.73 Å². The number of amides is 1. The normalized spacial score (nSPS) is 14.1. The van der Waals surface area contributed by atoms with Crippen molar-refractivity contribution in [3.05, 3.63) is 47.4 Å². The number of aryl methyl sites for hydroxylation is 1. The van der Waals surface area contributed by atoms with Crippen LogP contribution in [-0.2, 0) is 13.6 Å². The number of benzene rings is 1. The molecule has 2 aromatic heterocycles. The second-order valence-electron chi connectivity index (χ2n) is 6.53. The van der Waals surface area contributed by atoms with E-state index >= 15 is 0 Å². The molecule has 0 aliphatic carbocycles. The first-order chi connectivity index (χ1) is 13.1. The predicted octanol–water partition coefficient (Wildman–Crippen LogP) is 3.39. The minimum Gasteiger partial charge on any atom is -0.339 e. The highest BCUT2D eigenvalue weighted by molar-refractivity contribution is 8.01. The van der Waals surface area contributed by atoms with E-state index in [2.05, 4.69) is 16.1 Å². The Labute approximate surface area is 166 Å². The van der Waals surface area contributed by atoms with Crippen molar-refractivity contribution in [2.45, 2.75) is 28.5 Å². The Kier molecular flexibility index (Phi) is 5.29. The monoisotopic (exact) mass is 399 g/mol. The van der Waals surface area contributed by atoms with Crippen LogP contribution in [0.5, 0.6) is 0 Å². The molecule has 1 aromatic carbocycles. The highest BCUT2D eigenvalue weighted by Gasteiger charge is 2.21. The Bertz CT molecular complexity index is 959. The van der Waals surface area contributed by atoms with Crippen LogP contribution in [0.4, 0.5) is 0 Å². The zero-order chi connectivity index (χ0) is 18.8. The average molecular weight is 400 g/mol. The van der Waals surface area contributed by atoms with E-state index in [1.165, 1.54) is 0 Å². The lowest BCUT2D eigenvalue weighted by molar-refractivity contribution is 0.0792. The molecule has 6 nitrogen and oxygen atoms in total. The number of likely N-dealkylation sites (tertiary alicyclic amines) is 1. The predicted molar refractivity (Wildman–Crippen MR) is 108 cm³/mol. The van der Waals surface area contributed by atoms with Gasteiger partial charge in [-0.1, -0.05) is 11.8 Å². The van der Waals surface area contributed by atoms with Gasteiger partial charge in [0, 0.05) is 48.9 Å². The molecule has 1 aliphatic heterocycles. The van der Waals surface area contributed by atoms with E-state index in [1.54, 1.807) is 27.8 Å². The van der Waals surface area contributed by atoms with E-state index in [-0.39, 0.29) is 5.91 Å². The van der Waals surface area contributed by atoms with Crippen LogP contribution in [0.15, 0.2) is 45.9 Å². The molecule has 0 spiro atoms. The first-order valence-corrected chi connectivity index (χ1v) is 10.5. The topological polar surface area (TPSA) is 77.0 Å². The second-order valence-corrected chi connectivity index (χ2v) is 9.02. The summed E-state index contributed by atoms with van der Waals surface area (Å²) in [4.78, 5) is 20.2. The molecule has 1 aliphatic rings. The Morgan fingerprint density at radius 2 is 2.04 bits per heavy atom. The maximum atomic E-state index is 13.0. The molecular weight excluding hydrogens is 378 g/mol. The minimum atomic E-state index is 0.104. The lowest BCUT2D eigenvalue weighted by atomic mass is 10.1. The number of carbonyl (C=O) groups excluding carboxylic acids is 1. The van der Waals surface area contributed by atoms with Crippen molar-refractivity contribution in [1.82, 2.24) is 19.7 Å². The maximum absolute atomic E-state index is 13.0. The fraction of sp³-hybridized carbons (Fsp3) is 0.316. The molecule has 3 heterocycles. The maximum Gasteiger partial charge on any atom is 0.253 e. The third-order valence-electron chi connectivity index (χ3n) is 4.51. The smallest absolute Gasteiger partial charge is 0.253 e. The Morgan fingerprint density at radius 1 is 1.22 bits per heavy atom. The molecule has 0 saturated carbocycles. The lowest BCUT2D eigenvalue weighted by Crippen LogP contribution is -2.27. The van der Waals surface area contributed by atoms with Gasteiger partial charge in [0.05, 0.1) is 16.6 Å². The van der Waals surface area contributed by atoms with Crippen LogP contribution in [0, 0.1) is 0 Å². The molecule has 1 fully saturated rings. The molecule has 140 valence electrons. The largest absolute Gasteiger partial charge is 0.339 e.